The second-order valence-corrected chi connectivity index (χ2v) is 10.3. The smallest absolute Gasteiger partial charge is 0.255 e. The Morgan fingerprint density at radius 1 is 1.00 bits per heavy atom. The number of fused-ring (bicyclic) bond motifs is 1. The first kappa shape index (κ1) is 26.5. The van der Waals surface area contributed by atoms with E-state index in [1.54, 1.807) is 48.8 Å². The fourth-order valence-electron chi connectivity index (χ4n) is 5.36. The zero-order valence-electron chi connectivity index (χ0n) is 22.4. The molecule has 3 heterocycles. The van der Waals surface area contributed by atoms with Crippen molar-refractivity contribution in [2.75, 3.05) is 20.1 Å². The van der Waals surface area contributed by atoms with E-state index in [1.165, 1.54) is 31.3 Å². The number of hydrogen-bond acceptors (Lipinski definition) is 6. The van der Waals surface area contributed by atoms with Gasteiger partial charge in [0, 0.05) is 55.6 Å². The van der Waals surface area contributed by atoms with Gasteiger partial charge >= 0.3 is 0 Å². The van der Waals surface area contributed by atoms with Crippen molar-refractivity contribution in [3.05, 3.63) is 107 Å². The number of nitrogens with one attached hydrogen (secondary N) is 2. The number of benzene rings is 3. The minimum absolute atomic E-state index is 0.0121. The molecule has 41 heavy (non-hydrogen) atoms. The summed E-state index contributed by atoms with van der Waals surface area (Å²) in [5, 5.41) is 5.78. The minimum Gasteiger partial charge on any atom is -0.455 e. The van der Waals surface area contributed by atoms with Gasteiger partial charge in [-0.2, -0.15) is 0 Å². The fraction of sp³-hybridized carbons (Fsp3) is 0.188. The first-order valence-electron chi connectivity index (χ1n) is 13.2. The monoisotopic (exact) mass is 552 g/mol. The van der Waals surface area contributed by atoms with Gasteiger partial charge in [0.1, 0.15) is 28.8 Å². The van der Waals surface area contributed by atoms with Crippen LogP contribution in [0.2, 0.25) is 0 Å². The number of nitrogens with zero attached hydrogens (tertiary/aromatic N) is 2. The van der Waals surface area contributed by atoms with Crippen molar-refractivity contribution in [2.24, 2.45) is 0 Å². The Balaban J connectivity index is 1.42. The maximum absolute atomic E-state index is 16.4. The molecule has 0 bridgehead atoms. The van der Waals surface area contributed by atoms with Gasteiger partial charge in [-0.15, -0.1) is 0 Å². The summed E-state index contributed by atoms with van der Waals surface area (Å²) >= 11 is 0. The lowest BCUT2D eigenvalue weighted by Crippen LogP contribution is -2.58. The molecule has 2 N–H and O–H groups in total. The molecular formula is C32H26F2N4O3. The van der Waals surface area contributed by atoms with E-state index in [-0.39, 0.29) is 40.1 Å². The van der Waals surface area contributed by atoms with Crippen LogP contribution in [0.5, 0.6) is 0 Å². The average molecular weight is 553 g/mol. The summed E-state index contributed by atoms with van der Waals surface area (Å²) in [4.78, 5) is 35.3. The zero-order chi connectivity index (χ0) is 28.7. The molecule has 0 unspecified atom stereocenters. The Labute approximate surface area is 234 Å². The van der Waals surface area contributed by atoms with Crippen molar-refractivity contribution >= 4 is 22.7 Å². The van der Waals surface area contributed by atoms with Crippen LogP contribution in [-0.4, -0.2) is 41.8 Å². The second-order valence-electron chi connectivity index (χ2n) is 10.3. The molecule has 0 aliphatic carbocycles. The lowest BCUT2D eigenvalue weighted by Gasteiger charge is -2.40. The first-order valence-corrected chi connectivity index (χ1v) is 13.2. The number of halogens is 2. The molecule has 0 saturated carbocycles. The predicted molar refractivity (Wildman–Crippen MR) is 151 cm³/mol. The van der Waals surface area contributed by atoms with Crippen molar-refractivity contribution in [3.8, 4) is 22.5 Å². The second kappa shape index (κ2) is 10.3. The number of aryl methyl sites for hydroxylation is 1. The third kappa shape index (κ3) is 4.58. The highest BCUT2D eigenvalue weighted by Gasteiger charge is 2.43. The van der Waals surface area contributed by atoms with E-state index in [1.807, 2.05) is 6.92 Å². The lowest BCUT2D eigenvalue weighted by molar-refractivity contribution is 0.0914. The van der Waals surface area contributed by atoms with E-state index < -0.39 is 23.0 Å². The number of Topliss-reactive ketones (excluding diaryl/α,β-unsaturated/α-hetero) is 1. The quantitative estimate of drug-likeness (QED) is 0.255. The average Bonchev–Trinajstić information content (AvgIpc) is 3.36. The van der Waals surface area contributed by atoms with Crippen LogP contribution in [0.4, 0.5) is 8.78 Å². The molecule has 3 aromatic carbocycles. The molecule has 206 valence electrons. The van der Waals surface area contributed by atoms with Crippen LogP contribution in [0.25, 0.3) is 33.4 Å². The van der Waals surface area contributed by atoms with E-state index in [9.17, 15) is 14.0 Å². The number of furan rings is 1. The van der Waals surface area contributed by atoms with E-state index in [0.29, 0.717) is 35.6 Å². The van der Waals surface area contributed by atoms with Crippen molar-refractivity contribution < 1.29 is 22.8 Å². The highest BCUT2D eigenvalue weighted by molar-refractivity contribution is 6.12. The Bertz CT molecular complexity index is 1800. The molecule has 2 aromatic heterocycles. The first-order chi connectivity index (χ1) is 19.8. The summed E-state index contributed by atoms with van der Waals surface area (Å²) in [6, 6.07) is 15.6. The molecule has 1 fully saturated rings. The third-order valence-corrected chi connectivity index (χ3v) is 7.67. The summed E-state index contributed by atoms with van der Waals surface area (Å²) in [5.41, 5.74) is 2.09. The van der Waals surface area contributed by atoms with Crippen molar-refractivity contribution in [2.45, 2.75) is 18.8 Å². The molecule has 1 amide bonds. The van der Waals surface area contributed by atoms with Crippen LogP contribution in [0, 0.1) is 18.6 Å². The van der Waals surface area contributed by atoms with Crippen LogP contribution < -0.4 is 10.6 Å². The topological polar surface area (TPSA) is 97.1 Å². The molecule has 1 aliphatic rings. The Morgan fingerprint density at radius 3 is 2.39 bits per heavy atom. The van der Waals surface area contributed by atoms with Gasteiger partial charge in [0.25, 0.3) is 5.91 Å². The number of carbonyl (C=O) groups is 2. The molecule has 0 spiro atoms. The number of rotatable bonds is 7. The highest BCUT2D eigenvalue weighted by Crippen LogP contribution is 2.40. The zero-order valence-corrected chi connectivity index (χ0v) is 22.4. The van der Waals surface area contributed by atoms with Gasteiger partial charge in [0.05, 0.1) is 16.4 Å². The van der Waals surface area contributed by atoms with Gasteiger partial charge < -0.3 is 15.1 Å². The predicted octanol–water partition coefficient (Wildman–Crippen LogP) is 5.62. The molecule has 6 rings (SSSR count). The maximum atomic E-state index is 16.4. The number of hydrogen-bond donors (Lipinski definition) is 2. The van der Waals surface area contributed by atoms with Crippen LogP contribution in [-0.2, 0) is 5.41 Å². The maximum Gasteiger partial charge on any atom is 0.255 e. The number of amides is 1. The summed E-state index contributed by atoms with van der Waals surface area (Å²) in [5.74, 6) is -0.978. The van der Waals surface area contributed by atoms with Gasteiger partial charge in [-0.25, -0.2) is 18.7 Å². The number of ketones is 1. The van der Waals surface area contributed by atoms with Crippen LogP contribution in [0.15, 0.2) is 77.5 Å². The van der Waals surface area contributed by atoms with Crippen molar-refractivity contribution in [3.63, 3.8) is 0 Å². The standard InChI is InChI=1S/C32H26F2N4O3/c1-18-4-5-20(24(39)15-32(16-36-17-32)31-37-12-3-13-38-31)14-23(18)22-10-11-25-26(28(22)34)27(30(40)35-2)29(41-25)19-6-8-21(33)9-7-19/h3-14,36H,15-17H2,1-2H3,(H,35,40). The van der Waals surface area contributed by atoms with E-state index in [2.05, 4.69) is 20.6 Å². The van der Waals surface area contributed by atoms with Crippen LogP contribution >= 0.6 is 0 Å². The molecular weight excluding hydrogens is 526 g/mol. The molecule has 9 heteroatoms. The molecule has 5 aromatic rings. The Kier molecular flexibility index (Phi) is 6.67. The normalized spacial score (nSPS) is 14.0. The summed E-state index contributed by atoms with van der Waals surface area (Å²) in [7, 11) is 1.45. The van der Waals surface area contributed by atoms with Gasteiger partial charge in [0.15, 0.2) is 5.78 Å². The van der Waals surface area contributed by atoms with Gasteiger partial charge in [-0.05, 0) is 66.6 Å². The molecule has 1 saturated heterocycles. The van der Waals surface area contributed by atoms with E-state index >= 15 is 4.39 Å². The van der Waals surface area contributed by atoms with Crippen molar-refractivity contribution in [1.29, 1.82) is 0 Å². The van der Waals surface area contributed by atoms with E-state index in [4.69, 9.17) is 4.42 Å². The Hall–Kier alpha value is -4.76. The third-order valence-electron chi connectivity index (χ3n) is 7.67. The van der Waals surface area contributed by atoms with Gasteiger partial charge in [0.2, 0.25) is 0 Å². The van der Waals surface area contributed by atoms with Crippen molar-refractivity contribution in [1.82, 2.24) is 20.6 Å². The van der Waals surface area contributed by atoms with Crippen LogP contribution in [0.3, 0.4) is 0 Å². The fourth-order valence-corrected chi connectivity index (χ4v) is 5.36. The number of carbonyl (C=O) groups excluding carboxylic acids is 2. The van der Waals surface area contributed by atoms with Gasteiger partial charge in [-0.3, -0.25) is 9.59 Å². The van der Waals surface area contributed by atoms with Crippen LogP contribution in [0.1, 0.15) is 38.5 Å². The minimum atomic E-state index is -0.650. The lowest BCUT2D eigenvalue weighted by atomic mass is 9.75. The summed E-state index contributed by atoms with van der Waals surface area (Å²) < 4.78 is 35.9. The summed E-state index contributed by atoms with van der Waals surface area (Å²) in [6.45, 7) is 3.01. The largest absolute Gasteiger partial charge is 0.455 e. The number of aromatic nitrogens is 2. The molecule has 0 atom stereocenters. The van der Waals surface area contributed by atoms with Gasteiger partial charge in [-0.1, -0.05) is 12.1 Å². The molecule has 7 nitrogen and oxygen atoms in total. The molecule has 0 radical (unpaired) electrons. The molecule has 1 aliphatic heterocycles. The highest BCUT2D eigenvalue weighted by atomic mass is 19.1. The van der Waals surface area contributed by atoms with E-state index in [0.717, 1.165) is 5.56 Å². The SMILES string of the molecule is CNC(=O)c1c(-c2ccc(F)cc2)oc2ccc(-c3cc(C(=O)CC4(c5ncccn5)CNC4)ccc3C)c(F)c12. The Morgan fingerprint density at radius 2 is 1.73 bits per heavy atom. The summed E-state index contributed by atoms with van der Waals surface area (Å²) in [6.07, 6.45) is 3.54.